The van der Waals surface area contributed by atoms with Crippen molar-refractivity contribution >= 4 is 49.4 Å². The van der Waals surface area contributed by atoms with Crippen molar-refractivity contribution in [3.05, 3.63) is 0 Å². The summed E-state index contributed by atoms with van der Waals surface area (Å²) in [5.41, 5.74) is 0. The van der Waals surface area contributed by atoms with E-state index in [0.29, 0.717) is 5.92 Å². The van der Waals surface area contributed by atoms with E-state index in [1.807, 2.05) is 0 Å². The second-order valence-electron chi connectivity index (χ2n) is 3.71. The Morgan fingerprint density at radius 1 is 1.43 bits per heavy atom. The Balaban J connectivity index is 2.50. The number of carboxylic acid groups (broad SMARTS) is 1. The Labute approximate surface area is 106 Å². The zero-order valence-electron chi connectivity index (χ0n) is 7.63. The van der Waals surface area contributed by atoms with E-state index in [0.717, 1.165) is 25.7 Å². The quantitative estimate of drug-likeness (QED) is 0.794. The number of hydrogen-bond donors (Lipinski definition) is 1. The Morgan fingerprint density at radius 2 is 2.07 bits per heavy atom. The molecule has 1 fully saturated rings. The molecule has 0 heterocycles. The van der Waals surface area contributed by atoms with Gasteiger partial charge < -0.3 is 5.11 Å². The lowest BCUT2D eigenvalue weighted by Gasteiger charge is -2.30. The topological polar surface area (TPSA) is 37.3 Å². The summed E-state index contributed by atoms with van der Waals surface area (Å²) in [5, 5.41) is 9.05. The minimum absolute atomic E-state index is 0.0263. The van der Waals surface area contributed by atoms with Crippen molar-refractivity contribution in [3.63, 3.8) is 0 Å². The lowest BCUT2D eigenvalue weighted by Crippen LogP contribution is -2.33. The van der Waals surface area contributed by atoms with E-state index in [1.165, 1.54) is 0 Å². The second kappa shape index (κ2) is 5.71. The average Bonchev–Trinajstić information content (AvgIpc) is 2.15. The molecule has 14 heavy (non-hydrogen) atoms. The molecular formula is C9H13Br2ClO2. The Bertz CT molecular complexity index is 213. The van der Waals surface area contributed by atoms with Crippen LogP contribution in [0.2, 0.25) is 0 Å². The fourth-order valence-corrected chi connectivity index (χ4v) is 3.35. The van der Waals surface area contributed by atoms with Gasteiger partial charge in [-0.3, -0.25) is 4.79 Å². The Hall–Kier alpha value is 0.720. The van der Waals surface area contributed by atoms with E-state index in [4.69, 9.17) is 16.7 Å². The van der Waals surface area contributed by atoms with Crippen molar-refractivity contribution in [2.75, 3.05) is 0 Å². The molecule has 1 aliphatic carbocycles. The van der Waals surface area contributed by atoms with Crippen molar-refractivity contribution in [1.29, 1.82) is 0 Å². The molecule has 1 rings (SSSR count). The normalized spacial score (nSPS) is 32.2. The summed E-state index contributed by atoms with van der Waals surface area (Å²) in [4.78, 5) is 10.2. The van der Waals surface area contributed by atoms with E-state index in [2.05, 4.69) is 31.9 Å². The van der Waals surface area contributed by atoms with E-state index < -0.39 is 10.8 Å². The molecule has 0 aliphatic heterocycles. The monoisotopic (exact) mass is 346 g/mol. The molecule has 0 amide bonds. The molecule has 82 valence electrons. The van der Waals surface area contributed by atoms with Crippen LogP contribution in [0.1, 0.15) is 25.7 Å². The molecular weight excluding hydrogens is 335 g/mol. The molecule has 0 aromatic heterocycles. The highest BCUT2D eigenvalue weighted by atomic mass is 79.9. The number of carbonyl (C=O) groups is 1. The molecule has 0 spiro atoms. The molecule has 0 radical (unpaired) electrons. The third kappa shape index (κ3) is 3.38. The maximum Gasteiger partial charge on any atom is 0.318 e. The Kier molecular flexibility index (Phi) is 5.21. The predicted molar refractivity (Wildman–Crippen MR) is 64.7 cm³/mol. The summed E-state index contributed by atoms with van der Waals surface area (Å²) in [5.74, 6) is -0.449. The van der Waals surface area contributed by atoms with Crippen molar-refractivity contribution in [1.82, 2.24) is 0 Å². The van der Waals surface area contributed by atoms with Crippen LogP contribution in [0.15, 0.2) is 0 Å². The molecule has 5 heteroatoms. The maximum atomic E-state index is 10.8. The molecule has 4 atom stereocenters. The van der Waals surface area contributed by atoms with E-state index in [9.17, 15) is 4.79 Å². The van der Waals surface area contributed by atoms with Gasteiger partial charge in [-0.2, -0.15) is 0 Å². The van der Waals surface area contributed by atoms with Crippen molar-refractivity contribution in [2.45, 2.75) is 40.7 Å². The first-order valence-corrected chi connectivity index (χ1v) is 6.94. The lowest BCUT2D eigenvalue weighted by atomic mass is 9.85. The van der Waals surface area contributed by atoms with Gasteiger partial charge in [-0.05, 0) is 25.2 Å². The summed E-state index contributed by atoms with van der Waals surface area (Å²) in [6.07, 6.45) is 4.12. The highest BCUT2D eigenvalue weighted by Crippen LogP contribution is 2.36. The van der Waals surface area contributed by atoms with Crippen LogP contribution in [-0.2, 0) is 4.79 Å². The smallest absolute Gasteiger partial charge is 0.318 e. The number of carboxylic acids is 1. The third-order valence-electron chi connectivity index (χ3n) is 2.62. The average molecular weight is 348 g/mol. The number of rotatable bonds is 3. The van der Waals surface area contributed by atoms with Gasteiger partial charge in [-0.15, -0.1) is 11.6 Å². The summed E-state index contributed by atoms with van der Waals surface area (Å²) in [7, 11) is 0. The SMILES string of the molecule is O=C(O)C(Br)C(Br)C1CCCC(Cl)C1. The summed E-state index contributed by atoms with van der Waals surface area (Å²) in [6.45, 7) is 0. The zero-order valence-corrected chi connectivity index (χ0v) is 11.6. The summed E-state index contributed by atoms with van der Waals surface area (Å²) < 4.78 is 0. The van der Waals surface area contributed by atoms with Crippen LogP contribution in [-0.4, -0.2) is 26.1 Å². The van der Waals surface area contributed by atoms with Crippen LogP contribution >= 0.6 is 43.5 Å². The zero-order chi connectivity index (χ0) is 10.7. The first kappa shape index (κ1) is 12.8. The van der Waals surface area contributed by atoms with Gasteiger partial charge in [0.15, 0.2) is 0 Å². The van der Waals surface area contributed by atoms with Crippen LogP contribution in [0, 0.1) is 5.92 Å². The fourth-order valence-electron chi connectivity index (χ4n) is 1.83. The van der Waals surface area contributed by atoms with Gasteiger partial charge >= 0.3 is 5.97 Å². The summed E-state index contributed by atoms with van der Waals surface area (Å²) >= 11 is 12.7. The maximum absolute atomic E-state index is 10.8. The Morgan fingerprint density at radius 3 is 2.57 bits per heavy atom. The highest BCUT2D eigenvalue weighted by Gasteiger charge is 2.33. The summed E-state index contributed by atoms with van der Waals surface area (Å²) in [6, 6.07) is 0. The largest absolute Gasteiger partial charge is 0.480 e. The van der Waals surface area contributed by atoms with Crippen LogP contribution in [0.3, 0.4) is 0 Å². The second-order valence-corrected chi connectivity index (χ2v) is 6.37. The molecule has 1 aliphatic rings. The molecule has 0 aromatic carbocycles. The van der Waals surface area contributed by atoms with Crippen LogP contribution in [0.25, 0.3) is 0 Å². The molecule has 0 aromatic rings. The van der Waals surface area contributed by atoms with Gasteiger partial charge in [-0.25, -0.2) is 0 Å². The minimum atomic E-state index is -0.816. The minimum Gasteiger partial charge on any atom is -0.480 e. The van der Waals surface area contributed by atoms with Crippen LogP contribution in [0.4, 0.5) is 0 Å². The number of aliphatic carboxylic acids is 1. The lowest BCUT2D eigenvalue weighted by molar-refractivity contribution is -0.136. The fraction of sp³-hybridized carbons (Fsp3) is 0.889. The van der Waals surface area contributed by atoms with Crippen molar-refractivity contribution < 1.29 is 9.90 Å². The first-order chi connectivity index (χ1) is 6.52. The van der Waals surface area contributed by atoms with Gasteiger partial charge in [0.25, 0.3) is 0 Å². The van der Waals surface area contributed by atoms with Crippen LogP contribution < -0.4 is 0 Å². The molecule has 1 saturated carbocycles. The van der Waals surface area contributed by atoms with E-state index in [-0.39, 0.29) is 10.2 Å². The number of halogens is 3. The first-order valence-electron chi connectivity index (χ1n) is 4.67. The van der Waals surface area contributed by atoms with E-state index >= 15 is 0 Å². The number of hydrogen-bond acceptors (Lipinski definition) is 1. The van der Waals surface area contributed by atoms with Gasteiger partial charge in [0, 0.05) is 10.2 Å². The predicted octanol–water partition coefficient (Wildman–Crippen LogP) is 3.40. The molecule has 1 N–H and O–H groups in total. The highest BCUT2D eigenvalue weighted by molar-refractivity contribution is 9.12. The van der Waals surface area contributed by atoms with Gasteiger partial charge in [0.05, 0.1) is 0 Å². The van der Waals surface area contributed by atoms with Gasteiger partial charge in [0.2, 0.25) is 0 Å². The molecule has 0 bridgehead atoms. The van der Waals surface area contributed by atoms with Gasteiger partial charge in [0.1, 0.15) is 4.83 Å². The van der Waals surface area contributed by atoms with Gasteiger partial charge in [-0.1, -0.05) is 38.3 Å². The van der Waals surface area contributed by atoms with Crippen molar-refractivity contribution in [2.24, 2.45) is 5.92 Å². The molecule has 0 saturated heterocycles. The molecule has 2 nitrogen and oxygen atoms in total. The third-order valence-corrected chi connectivity index (χ3v) is 5.96. The standard InChI is InChI=1S/C9H13Br2ClO2/c10-7(8(11)9(13)14)5-2-1-3-6(12)4-5/h5-8H,1-4H2,(H,13,14). The van der Waals surface area contributed by atoms with Crippen LogP contribution in [0.5, 0.6) is 0 Å². The van der Waals surface area contributed by atoms with Crippen molar-refractivity contribution in [3.8, 4) is 0 Å². The van der Waals surface area contributed by atoms with E-state index in [1.54, 1.807) is 0 Å². The number of alkyl halides is 3. The molecule has 4 unspecified atom stereocenters.